The van der Waals surface area contributed by atoms with Crippen LogP contribution in [0.15, 0.2) is 36.4 Å². The minimum Gasteiger partial charge on any atom is -0.497 e. The summed E-state index contributed by atoms with van der Waals surface area (Å²) in [5.74, 6) is 0.555. The van der Waals surface area contributed by atoms with E-state index in [1.54, 1.807) is 24.1 Å². The van der Waals surface area contributed by atoms with Crippen LogP contribution < -0.4 is 9.64 Å². The summed E-state index contributed by atoms with van der Waals surface area (Å²) in [6, 6.07) is 11.0. The molecular formula is C20H22ClN3O2S. The number of fused-ring (bicyclic) bond motifs is 1. The first-order valence-electron chi connectivity index (χ1n) is 8.56. The van der Waals surface area contributed by atoms with Crippen molar-refractivity contribution in [1.82, 2.24) is 9.88 Å². The molecule has 0 N–H and O–H groups in total. The van der Waals surface area contributed by atoms with Gasteiger partial charge in [-0.2, -0.15) is 0 Å². The Kier molecular flexibility index (Phi) is 5.99. The van der Waals surface area contributed by atoms with Gasteiger partial charge in [0.2, 0.25) is 0 Å². The molecule has 0 saturated carbocycles. The molecule has 5 nitrogen and oxygen atoms in total. The molecule has 0 radical (unpaired) electrons. The highest BCUT2D eigenvalue weighted by atomic mass is 35.5. The Hall–Kier alpha value is -2.15. The minimum atomic E-state index is -0.0986. The summed E-state index contributed by atoms with van der Waals surface area (Å²) < 4.78 is 6.23. The molecule has 1 aromatic heterocycles. The first-order chi connectivity index (χ1) is 12.9. The van der Waals surface area contributed by atoms with Crippen molar-refractivity contribution in [1.29, 1.82) is 0 Å². The van der Waals surface area contributed by atoms with Gasteiger partial charge in [-0.15, -0.1) is 0 Å². The van der Waals surface area contributed by atoms with Crippen molar-refractivity contribution in [3.8, 4) is 5.75 Å². The van der Waals surface area contributed by atoms with Gasteiger partial charge in [0.1, 0.15) is 5.75 Å². The van der Waals surface area contributed by atoms with Crippen molar-refractivity contribution in [2.45, 2.75) is 6.92 Å². The summed E-state index contributed by atoms with van der Waals surface area (Å²) in [7, 11) is 5.56. The number of methoxy groups -OCH3 is 1. The lowest BCUT2D eigenvalue weighted by molar-refractivity contribution is 0.0985. The number of aryl methyl sites for hydroxylation is 1. The molecule has 0 saturated heterocycles. The Morgan fingerprint density at radius 3 is 2.70 bits per heavy atom. The maximum atomic E-state index is 13.2. The predicted octanol–water partition coefficient (Wildman–Crippen LogP) is 4.48. The Morgan fingerprint density at radius 1 is 1.22 bits per heavy atom. The predicted molar refractivity (Wildman–Crippen MR) is 113 cm³/mol. The molecule has 3 rings (SSSR count). The van der Waals surface area contributed by atoms with Crippen LogP contribution in [0, 0.1) is 6.92 Å². The largest absolute Gasteiger partial charge is 0.497 e. The van der Waals surface area contributed by atoms with Gasteiger partial charge in [-0.1, -0.05) is 29.0 Å². The third kappa shape index (κ3) is 4.40. The van der Waals surface area contributed by atoms with Crippen molar-refractivity contribution >= 4 is 44.2 Å². The molecular weight excluding hydrogens is 382 g/mol. The number of likely N-dealkylation sites (N-methyl/N-ethyl adjacent to an activating group) is 1. The third-order valence-corrected chi connectivity index (χ3v) is 5.45. The van der Waals surface area contributed by atoms with Gasteiger partial charge in [0.05, 0.1) is 17.3 Å². The van der Waals surface area contributed by atoms with Crippen molar-refractivity contribution in [3.63, 3.8) is 0 Å². The number of ether oxygens (including phenoxy) is 1. The van der Waals surface area contributed by atoms with E-state index in [1.807, 2.05) is 50.2 Å². The number of hydrogen-bond donors (Lipinski definition) is 0. The third-order valence-electron chi connectivity index (χ3n) is 4.20. The van der Waals surface area contributed by atoms with Gasteiger partial charge in [-0.3, -0.25) is 9.69 Å². The summed E-state index contributed by atoms with van der Waals surface area (Å²) in [5.41, 5.74) is 2.45. The second-order valence-corrected chi connectivity index (χ2v) is 8.00. The number of carbonyl (C=O) groups excluding carboxylic acids is 1. The molecule has 0 fully saturated rings. The van der Waals surface area contributed by atoms with Crippen LogP contribution >= 0.6 is 22.9 Å². The van der Waals surface area contributed by atoms with Crippen LogP contribution in [-0.4, -0.2) is 50.1 Å². The Bertz CT molecular complexity index is 971. The second-order valence-electron chi connectivity index (χ2n) is 6.56. The molecule has 27 heavy (non-hydrogen) atoms. The molecule has 0 spiro atoms. The fourth-order valence-electron chi connectivity index (χ4n) is 2.75. The number of rotatable bonds is 6. The zero-order chi connectivity index (χ0) is 19.6. The lowest BCUT2D eigenvalue weighted by Crippen LogP contribution is -2.36. The highest BCUT2D eigenvalue weighted by Crippen LogP contribution is 2.33. The van der Waals surface area contributed by atoms with Crippen molar-refractivity contribution in [2.24, 2.45) is 0 Å². The number of halogens is 1. The Balaban J connectivity index is 2.02. The summed E-state index contributed by atoms with van der Waals surface area (Å²) in [5, 5.41) is 1.35. The van der Waals surface area contributed by atoms with Gasteiger partial charge in [0, 0.05) is 23.7 Å². The van der Waals surface area contributed by atoms with Gasteiger partial charge in [0.15, 0.2) is 5.13 Å². The van der Waals surface area contributed by atoms with Crippen molar-refractivity contribution < 1.29 is 9.53 Å². The number of carbonyl (C=O) groups is 1. The molecule has 0 bridgehead atoms. The van der Waals surface area contributed by atoms with Gasteiger partial charge in [-0.25, -0.2) is 4.98 Å². The molecule has 7 heteroatoms. The highest BCUT2D eigenvalue weighted by molar-refractivity contribution is 7.22. The quantitative estimate of drug-likeness (QED) is 0.609. The molecule has 0 atom stereocenters. The number of thiazole rings is 1. The molecule has 0 aliphatic heterocycles. The molecule has 0 aliphatic carbocycles. The van der Waals surface area contributed by atoms with Gasteiger partial charge in [-0.05, 0) is 56.9 Å². The van der Waals surface area contributed by atoms with E-state index in [4.69, 9.17) is 21.3 Å². The number of anilines is 1. The average Bonchev–Trinajstić information content (AvgIpc) is 3.05. The van der Waals surface area contributed by atoms with Crippen LogP contribution in [0.3, 0.4) is 0 Å². The normalized spacial score (nSPS) is 11.2. The number of aromatic nitrogens is 1. The maximum Gasteiger partial charge on any atom is 0.260 e. The number of amides is 1. The van der Waals surface area contributed by atoms with E-state index < -0.39 is 0 Å². The van der Waals surface area contributed by atoms with E-state index >= 15 is 0 Å². The smallest absolute Gasteiger partial charge is 0.260 e. The fourth-order valence-corrected chi connectivity index (χ4v) is 4.20. The minimum absolute atomic E-state index is 0.0986. The van der Waals surface area contributed by atoms with Gasteiger partial charge < -0.3 is 9.64 Å². The van der Waals surface area contributed by atoms with Gasteiger partial charge in [0.25, 0.3) is 5.91 Å². The summed E-state index contributed by atoms with van der Waals surface area (Å²) >= 11 is 7.66. The molecule has 0 unspecified atom stereocenters. The lowest BCUT2D eigenvalue weighted by atomic mass is 10.2. The molecule has 1 amide bonds. The molecule has 142 valence electrons. The topological polar surface area (TPSA) is 45.7 Å². The first-order valence-corrected chi connectivity index (χ1v) is 9.76. The fraction of sp³-hybridized carbons (Fsp3) is 0.300. The van der Waals surface area contributed by atoms with E-state index in [-0.39, 0.29) is 5.91 Å². The summed E-state index contributed by atoms with van der Waals surface area (Å²) in [6.45, 7) is 3.24. The SMILES string of the molecule is COc1cccc(C(=O)N(CCN(C)C)c2nc3c(C)cc(Cl)cc3s2)c1. The van der Waals surface area contributed by atoms with E-state index in [1.165, 1.54) is 11.3 Å². The molecule has 0 aliphatic rings. The van der Waals surface area contributed by atoms with E-state index in [2.05, 4.69) is 0 Å². The lowest BCUT2D eigenvalue weighted by Gasteiger charge is -2.22. The van der Waals surface area contributed by atoms with Crippen LogP contribution in [-0.2, 0) is 0 Å². The van der Waals surface area contributed by atoms with Crippen LogP contribution in [0.1, 0.15) is 15.9 Å². The maximum absolute atomic E-state index is 13.2. The number of nitrogens with zero attached hydrogens (tertiary/aromatic N) is 3. The molecule has 1 heterocycles. The molecule has 2 aromatic carbocycles. The summed E-state index contributed by atoms with van der Waals surface area (Å²) in [6.07, 6.45) is 0. The van der Waals surface area contributed by atoms with Crippen LogP contribution in [0.2, 0.25) is 5.02 Å². The zero-order valence-corrected chi connectivity index (χ0v) is 17.4. The van der Waals surface area contributed by atoms with Crippen molar-refractivity contribution in [2.75, 3.05) is 39.2 Å². The number of hydrogen-bond acceptors (Lipinski definition) is 5. The van der Waals surface area contributed by atoms with Gasteiger partial charge >= 0.3 is 0 Å². The van der Waals surface area contributed by atoms with E-state index in [0.717, 1.165) is 22.3 Å². The van der Waals surface area contributed by atoms with E-state index in [0.29, 0.717) is 28.0 Å². The average molecular weight is 404 g/mol. The zero-order valence-electron chi connectivity index (χ0n) is 15.8. The van der Waals surface area contributed by atoms with Crippen LogP contribution in [0.4, 0.5) is 5.13 Å². The highest BCUT2D eigenvalue weighted by Gasteiger charge is 2.22. The monoisotopic (exact) mass is 403 g/mol. The van der Waals surface area contributed by atoms with Crippen molar-refractivity contribution in [3.05, 3.63) is 52.5 Å². The molecule has 3 aromatic rings. The summed E-state index contributed by atoms with van der Waals surface area (Å²) in [4.78, 5) is 21.8. The van der Waals surface area contributed by atoms with Crippen LogP contribution in [0.25, 0.3) is 10.2 Å². The standard InChI is InChI=1S/C20H22ClN3O2S/c1-13-10-15(21)12-17-18(13)22-20(27-17)24(9-8-23(2)3)19(25)14-6-5-7-16(11-14)26-4/h5-7,10-12H,8-9H2,1-4H3. The Morgan fingerprint density at radius 2 is 2.00 bits per heavy atom. The second kappa shape index (κ2) is 8.25. The first kappa shape index (κ1) is 19.6. The van der Waals surface area contributed by atoms with E-state index in [9.17, 15) is 4.79 Å². The Labute approximate surface area is 168 Å². The van der Waals surface area contributed by atoms with Crippen LogP contribution in [0.5, 0.6) is 5.75 Å². The number of benzene rings is 2.